The minimum atomic E-state index is -0.639. The lowest BCUT2D eigenvalue weighted by Crippen LogP contribution is -2.40. The van der Waals surface area contributed by atoms with Crippen molar-refractivity contribution in [2.45, 2.75) is 65.5 Å². The van der Waals surface area contributed by atoms with E-state index in [1.807, 2.05) is 53.4 Å². The van der Waals surface area contributed by atoms with E-state index in [2.05, 4.69) is 22.6 Å². The van der Waals surface area contributed by atoms with Crippen molar-refractivity contribution in [1.29, 1.82) is 0 Å². The van der Waals surface area contributed by atoms with Crippen molar-refractivity contribution in [1.82, 2.24) is 10.2 Å². The number of nitrogens with one attached hydrogen (secondary N) is 2. The Morgan fingerprint density at radius 3 is 2.31 bits per heavy atom. The van der Waals surface area contributed by atoms with Crippen LogP contribution in [0.2, 0.25) is 5.02 Å². The number of fused-ring (bicyclic) bond motifs is 1. The average molecular weight is 699 g/mol. The van der Waals surface area contributed by atoms with Crippen LogP contribution in [-0.2, 0) is 16.0 Å². The SMILES string of the molecule is C=O.C=O.CNc1ccc(F)c(-c2cc(/C=N\C(NC3CCN(C)CC3)=C(C)C)c(C)c(OC)c2)c1F.Cc1cc(Cl)cc2c1CCC2O. The van der Waals surface area contributed by atoms with Gasteiger partial charge in [0.05, 0.1) is 24.5 Å². The topological polar surface area (TPSA) is 103 Å². The van der Waals surface area contributed by atoms with Crippen LogP contribution in [-0.4, -0.2) is 70.1 Å². The van der Waals surface area contributed by atoms with Gasteiger partial charge in [-0.1, -0.05) is 11.6 Å². The zero-order chi connectivity index (χ0) is 36.8. The van der Waals surface area contributed by atoms with Gasteiger partial charge in [0.25, 0.3) is 0 Å². The third kappa shape index (κ3) is 10.7. The van der Waals surface area contributed by atoms with Crippen molar-refractivity contribution in [3.8, 4) is 16.9 Å². The lowest BCUT2D eigenvalue weighted by Gasteiger charge is -2.30. The first kappa shape index (κ1) is 41.1. The van der Waals surface area contributed by atoms with Gasteiger partial charge in [-0.25, -0.2) is 13.8 Å². The van der Waals surface area contributed by atoms with Gasteiger partial charge < -0.3 is 35.0 Å². The summed E-state index contributed by atoms with van der Waals surface area (Å²) in [5.41, 5.74) is 6.71. The number of carbonyl (C=O) groups excluding carboxylic acids is 2. The molecule has 1 heterocycles. The summed E-state index contributed by atoms with van der Waals surface area (Å²) in [4.78, 5) is 23.1. The molecule has 3 aromatic rings. The standard InChI is InChI=1S/C26H34F2N4O.C10H11ClO.2CH2O/c1-16(2)26(31-20-9-11-32(5)12-10-20)30-15-19-13-18(14-23(33-6)17(19)3)24-21(27)7-8-22(29-4)25(24)28;1-6-4-7(11)5-9-8(6)2-3-10(9)12;2*1-2/h7-8,13-15,20,29,31H,9-12H2,1-6H3;4-5,10,12H,2-3H2,1H3;2*1H2/b30-15-;;;. The van der Waals surface area contributed by atoms with Crippen LogP contribution in [0, 0.1) is 25.5 Å². The second kappa shape index (κ2) is 19.8. The predicted molar refractivity (Wildman–Crippen MR) is 196 cm³/mol. The summed E-state index contributed by atoms with van der Waals surface area (Å²) in [5, 5.41) is 16.6. The van der Waals surface area contributed by atoms with E-state index in [1.54, 1.807) is 32.5 Å². The molecule has 49 heavy (non-hydrogen) atoms. The largest absolute Gasteiger partial charge is 0.496 e. The van der Waals surface area contributed by atoms with Crippen LogP contribution in [0.15, 0.2) is 52.8 Å². The van der Waals surface area contributed by atoms with Gasteiger partial charge in [0.15, 0.2) is 5.82 Å². The number of carbonyl (C=O) groups is 2. The van der Waals surface area contributed by atoms with E-state index in [0.29, 0.717) is 17.4 Å². The fraction of sp³-hybridized carbons (Fsp3) is 0.395. The van der Waals surface area contributed by atoms with E-state index in [1.165, 1.54) is 23.3 Å². The molecule has 1 atom stereocenters. The number of aliphatic hydroxyl groups is 1. The summed E-state index contributed by atoms with van der Waals surface area (Å²) in [6.45, 7) is 14.1. The number of benzene rings is 3. The number of piperidine rings is 1. The molecule has 1 aliphatic heterocycles. The number of allylic oxidation sites excluding steroid dienone is 1. The number of aliphatic imine (C=N–C) groups is 1. The first-order chi connectivity index (χ1) is 23.4. The molecule has 1 fully saturated rings. The number of hydrogen-bond donors (Lipinski definition) is 3. The Morgan fingerprint density at radius 2 is 1.71 bits per heavy atom. The summed E-state index contributed by atoms with van der Waals surface area (Å²) in [5.74, 6) is 0.0990. The molecule has 266 valence electrons. The molecule has 1 unspecified atom stereocenters. The van der Waals surface area contributed by atoms with E-state index in [9.17, 15) is 13.9 Å². The highest BCUT2D eigenvalue weighted by Gasteiger charge is 2.22. The summed E-state index contributed by atoms with van der Waals surface area (Å²) in [6, 6.07) is 10.3. The number of aryl methyl sites for hydroxylation is 1. The highest BCUT2D eigenvalue weighted by Crippen LogP contribution is 2.36. The van der Waals surface area contributed by atoms with Gasteiger partial charge in [0.1, 0.15) is 31.0 Å². The van der Waals surface area contributed by atoms with Crippen molar-refractivity contribution >= 4 is 37.1 Å². The number of anilines is 1. The molecule has 0 saturated carbocycles. The number of ether oxygens (including phenoxy) is 1. The third-order valence-electron chi connectivity index (χ3n) is 8.63. The monoisotopic (exact) mass is 698 g/mol. The Bertz CT molecular complexity index is 1620. The number of hydrogen-bond acceptors (Lipinski definition) is 8. The number of methoxy groups -OCH3 is 1. The summed E-state index contributed by atoms with van der Waals surface area (Å²) in [6.07, 6.45) is 5.40. The van der Waals surface area contributed by atoms with Crippen LogP contribution < -0.4 is 15.4 Å². The van der Waals surface area contributed by atoms with E-state index in [0.717, 1.165) is 71.9 Å². The van der Waals surface area contributed by atoms with Crippen LogP contribution in [0.25, 0.3) is 11.1 Å². The molecule has 0 bridgehead atoms. The highest BCUT2D eigenvalue weighted by molar-refractivity contribution is 6.30. The van der Waals surface area contributed by atoms with Gasteiger partial charge in [0.2, 0.25) is 0 Å². The molecular formula is C38H49ClF2N4O4. The maximum Gasteiger partial charge on any atom is 0.157 e. The Labute approximate surface area is 294 Å². The maximum atomic E-state index is 15.0. The van der Waals surface area contributed by atoms with Gasteiger partial charge in [-0.2, -0.15) is 0 Å². The number of halogens is 3. The summed E-state index contributed by atoms with van der Waals surface area (Å²) in [7, 11) is 5.29. The van der Waals surface area contributed by atoms with Crippen molar-refractivity contribution < 1.29 is 28.2 Å². The quantitative estimate of drug-likeness (QED) is 0.218. The normalized spacial score (nSPS) is 15.4. The second-order valence-electron chi connectivity index (χ2n) is 12.1. The summed E-state index contributed by atoms with van der Waals surface area (Å²) < 4.78 is 35.2. The van der Waals surface area contributed by atoms with Crippen LogP contribution in [0.3, 0.4) is 0 Å². The fourth-order valence-corrected chi connectivity index (χ4v) is 6.16. The molecule has 0 radical (unpaired) electrons. The predicted octanol–water partition coefficient (Wildman–Crippen LogP) is 7.60. The molecule has 8 nitrogen and oxygen atoms in total. The molecule has 3 N–H and O–H groups in total. The number of aliphatic hydroxyl groups excluding tert-OH is 1. The molecule has 0 amide bonds. The number of rotatable bonds is 7. The minimum Gasteiger partial charge on any atom is -0.496 e. The minimum absolute atomic E-state index is 0.0957. The van der Waals surface area contributed by atoms with Gasteiger partial charge in [0, 0.05) is 29.9 Å². The van der Waals surface area contributed by atoms with Crippen LogP contribution in [0.5, 0.6) is 5.75 Å². The zero-order valence-electron chi connectivity index (χ0n) is 29.6. The summed E-state index contributed by atoms with van der Waals surface area (Å²) >= 11 is 5.88. The Balaban J connectivity index is 0.000000430. The molecule has 0 aromatic heterocycles. The number of likely N-dealkylation sites (tertiary alicyclic amines) is 1. The molecule has 3 aromatic carbocycles. The van der Waals surface area contributed by atoms with E-state index < -0.39 is 11.6 Å². The first-order valence-electron chi connectivity index (χ1n) is 16.0. The van der Waals surface area contributed by atoms with Gasteiger partial charge in [-0.15, -0.1) is 0 Å². The molecule has 5 rings (SSSR count). The number of nitrogens with zero attached hydrogens (tertiary/aromatic N) is 2. The Hall–Kier alpha value is -4.12. The van der Waals surface area contributed by atoms with Crippen molar-refractivity contribution in [2.75, 3.05) is 39.6 Å². The van der Waals surface area contributed by atoms with Gasteiger partial charge >= 0.3 is 0 Å². The van der Waals surface area contributed by atoms with Crippen molar-refractivity contribution in [3.05, 3.63) is 92.3 Å². The molecular weight excluding hydrogens is 650 g/mol. The molecule has 0 spiro atoms. The van der Waals surface area contributed by atoms with Gasteiger partial charge in [-0.3, -0.25) is 0 Å². The maximum absolute atomic E-state index is 15.0. The van der Waals surface area contributed by atoms with Crippen molar-refractivity contribution in [2.24, 2.45) is 4.99 Å². The molecule has 1 aliphatic carbocycles. The molecule has 2 aliphatic rings. The van der Waals surface area contributed by atoms with Crippen molar-refractivity contribution in [3.63, 3.8) is 0 Å². The zero-order valence-corrected chi connectivity index (χ0v) is 30.3. The van der Waals surface area contributed by atoms with E-state index in [4.69, 9.17) is 30.9 Å². The van der Waals surface area contributed by atoms with Crippen LogP contribution in [0.4, 0.5) is 14.5 Å². The van der Waals surface area contributed by atoms with Crippen LogP contribution in [0.1, 0.15) is 67.0 Å². The van der Waals surface area contributed by atoms with E-state index >= 15 is 0 Å². The Kier molecular flexibility index (Phi) is 16.6. The van der Waals surface area contributed by atoms with Gasteiger partial charge in [-0.05, 0) is 143 Å². The third-order valence-corrected chi connectivity index (χ3v) is 8.85. The molecule has 11 heteroatoms. The lowest BCUT2D eigenvalue weighted by atomic mass is 9.97. The second-order valence-corrected chi connectivity index (χ2v) is 12.5. The molecule has 1 saturated heterocycles. The Morgan fingerprint density at radius 1 is 1.06 bits per heavy atom. The fourth-order valence-electron chi connectivity index (χ4n) is 5.88. The smallest absolute Gasteiger partial charge is 0.157 e. The van der Waals surface area contributed by atoms with Crippen LogP contribution >= 0.6 is 11.6 Å². The lowest BCUT2D eigenvalue weighted by molar-refractivity contribution is -0.0987. The first-order valence-corrected chi connectivity index (χ1v) is 16.4. The highest BCUT2D eigenvalue weighted by atomic mass is 35.5. The average Bonchev–Trinajstić information content (AvgIpc) is 3.47. The van der Waals surface area contributed by atoms with E-state index in [-0.39, 0.29) is 17.4 Å².